The van der Waals surface area contributed by atoms with Crippen molar-refractivity contribution in [1.82, 2.24) is 4.31 Å². The van der Waals surface area contributed by atoms with E-state index in [2.05, 4.69) is 5.32 Å². The fraction of sp³-hybridized carbons (Fsp3) is 0.684. The van der Waals surface area contributed by atoms with Crippen LogP contribution in [-0.4, -0.2) is 50.5 Å². The molecule has 1 aromatic carbocycles. The summed E-state index contributed by atoms with van der Waals surface area (Å²) in [5.41, 5.74) is 0.114. The molecule has 1 N–H and O–H groups in total. The third-order valence-electron chi connectivity index (χ3n) is 5.25. The van der Waals surface area contributed by atoms with Crippen LogP contribution >= 0.6 is 0 Å². The van der Waals surface area contributed by atoms with Gasteiger partial charge in [-0.1, -0.05) is 6.92 Å². The summed E-state index contributed by atoms with van der Waals surface area (Å²) in [7, 11) is -3.72. The van der Waals surface area contributed by atoms with Crippen LogP contribution in [0.25, 0.3) is 0 Å². The fourth-order valence-corrected chi connectivity index (χ4v) is 5.04. The summed E-state index contributed by atoms with van der Waals surface area (Å²) in [6, 6.07) is 4.11. The van der Waals surface area contributed by atoms with Crippen molar-refractivity contribution in [2.45, 2.75) is 43.9 Å². The van der Waals surface area contributed by atoms with Crippen LogP contribution < -0.4 is 5.32 Å². The Morgan fingerprint density at radius 1 is 1.32 bits per heavy atom. The zero-order valence-electron chi connectivity index (χ0n) is 16.3. The first kappa shape index (κ1) is 21.0. The van der Waals surface area contributed by atoms with Gasteiger partial charge in [0.2, 0.25) is 10.0 Å². The van der Waals surface area contributed by atoms with E-state index < -0.39 is 14.9 Å². The van der Waals surface area contributed by atoms with E-state index in [4.69, 9.17) is 4.74 Å². The molecule has 0 aromatic heterocycles. The maximum absolute atomic E-state index is 12.9. The van der Waals surface area contributed by atoms with Crippen molar-refractivity contribution in [2.75, 3.05) is 38.2 Å². The topological polar surface area (TPSA) is 102 Å². The third-order valence-corrected chi connectivity index (χ3v) is 7.12. The highest BCUT2D eigenvalue weighted by Crippen LogP contribution is 2.31. The van der Waals surface area contributed by atoms with Crippen molar-refractivity contribution in [3.8, 4) is 0 Å². The second-order valence-corrected chi connectivity index (χ2v) is 9.78. The Kier molecular flexibility index (Phi) is 6.90. The molecule has 2 fully saturated rings. The largest absolute Gasteiger partial charge is 0.381 e. The molecule has 0 bridgehead atoms. The summed E-state index contributed by atoms with van der Waals surface area (Å²) in [5, 5.41) is 14.5. The van der Waals surface area contributed by atoms with Gasteiger partial charge in [0.25, 0.3) is 5.69 Å². The molecule has 28 heavy (non-hydrogen) atoms. The molecule has 1 aliphatic carbocycles. The second-order valence-electron chi connectivity index (χ2n) is 7.85. The summed E-state index contributed by atoms with van der Waals surface area (Å²) >= 11 is 0. The number of nitrogens with zero attached hydrogens (tertiary/aromatic N) is 2. The van der Waals surface area contributed by atoms with Crippen LogP contribution in [0.15, 0.2) is 23.1 Å². The van der Waals surface area contributed by atoms with Crippen LogP contribution in [0.4, 0.5) is 11.4 Å². The molecular formula is C19H29N3O5S. The number of anilines is 1. The van der Waals surface area contributed by atoms with Gasteiger partial charge < -0.3 is 10.1 Å². The third kappa shape index (κ3) is 5.42. The van der Waals surface area contributed by atoms with Crippen molar-refractivity contribution >= 4 is 21.4 Å². The van der Waals surface area contributed by atoms with Gasteiger partial charge in [-0.2, -0.15) is 4.31 Å². The number of nitrogens with one attached hydrogen (secondary N) is 1. The van der Waals surface area contributed by atoms with Crippen LogP contribution in [0.1, 0.15) is 39.0 Å². The van der Waals surface area contributed by atoms with E-state index >= 15 is 0 Å². The Hall–Kier alpha value is -1.71. The van der Waals surface area contributed by atoms with E-state index in [9.17, 15) is 18.5 Å². The lowest BCUT2D eigenvalue weighted by atomic mass is 10.0. The number of rotatable bonds is 10. The zero-order chi connectivity index (χ0) is 20.1. The van der Waals surface area contributed by atoms with Gasteiger partial charge in [-0.15, -0.1) is 0 Å². The van der Waals surface area contributed by atoms with Crippen LogP contribution in [0.3, 0.4) is 0 Å². The normalized spacial score (nSPS) is 20.8. The lowest BCUT2D eigenvalue weighted by molar-refractivity contribution is -0.384. The van der Waals surface area contributed by atoms with E-state index in [0.29, 0.717) is 43.8 Å². The lowest BCUT2D eigenvalue weighted by Crippen LogP contribution is -2.39. The Bertz CT molecular complexity index is 795. The van der Waals surface area contributed by atoms with Crippen LogP contribution in [0.2, 0.25) is 0 Å². The number of benzene rings is 1. The quantitative estimate of drug-likeness (QED) is 0.360. The SMILES string of the molecule is CC1CCCN(S(=O)(=O)c2ccc(NCCCOCC3CC3)c([N+](=O)[O-])c2)C1. The number of hydrogen-bond donors (Lipinski definition) is 1. The molecule has 1 unspecified atom stereocenters. The number of nitro benzene ring substituents is 1. The molecule has 1 saturated heterocycles. The summed E-state index contributed by atoms with van der Waals surface area (Å²) in [5.74, 6) is 1.01. The van der Waals surface area contributed by atoms with Gasteiger partial charge in [-0.05, 0) is 56.1 Å². The predicted molar refractivity (Wildman–Crippen MR) is 107 cm³/mol. The Labute approximate surface area is 166 Å². The molecular weight excluding hydrogens is 382 g/mol. The summed E-state index contributed by atoms with van der Waals surface area (Å²) < 4.78 is 32.7. The maximum atomic E-state index is 12.9. The monoisotopic (exact) mass is 411 g/mol. The maximum Gasteiger partial charge on any atom is 0.293 e. The summed E-state index contributed by atoms with van der Waals surface area (Å²) in [6.45, 7) is 4.86. The minimum atomic E-state index is -3.72. The molecule has 156 valence electrons. The van der Waals surface area contributed by atoms with Gasteiger partial charge in [-0.25, -0.2) is 8.42 Å². The molecule has 0 spiro atoms. The Morgan fingerprint density at radius 2 is 2.11 bits per heavy atom. The summed E-state index contributed by atoms with van der Waals surface area (Å²) in [6.07, 6.45) is 5.03. The average Bonchev–Trinajstić information content (AvgIpc) is 3.48. The first-order chi connectivity index (χ1) is 13.4. The van der Waals surface area contributed by atoms with Crippen LogP contribution in [0.5, 0.6) is 0 Å². The average molecular weight is 412 g/mol. The summed E-state index contributed by atoms with van der Waals surface area (Å²) in [4.78, 5) is 10.9. The van der Waals surface area contributed by atoms with Gasteiger partial charge in [0, 0.05) is 38.9 Å². The van der Waals surface area contributed by atoms with Gasteiger partial charge in [0.1, 0.15) is 5.69 Å². The molecule has 3 rings (SSSR count). The second kappa shape index (κ2) is 9.19. The minimum Gasteiger partial charge on any atom is -0.381 e. The van der Waals surface area contributed by atoms with Crippen molar-refractivity contribution in [1.29, 1.82) is 0 Å². The van der Waals surface area contributed by atoms with Gasteiger partial charge in [0.05, 0.1) is 9.82 Å². The van der Waals surface area contributed by atoms with Crippen molar-refractivity contribution in [3.05, 3.63) is 28.3 Å². The lowest BCUT2D eigenvalue weighted by Gasteiger charge is -2.30. The highest BCUT2D eigenvalue weighted by Gasteiger charge is 2.30. The predicted octanol–water partition coefficient (Wildman–Crippen LogP) is 3.24. The van der Waals surface area contributed by atoms with E-state index in [1.807, 2.05) is 6.92 Å². The molecule has 0 radical (unpaired) electrons. The zero-order valence-corrected chi connectivity index (χ0v) is 17.1. The van der Waals surface area contributed by atoms with Gasteiger partial charge >= 0.3 is 0 Å². The number of piperidine rings is 1. The van der Waals surface area contributed by atoms with Crippen LogP contribution in [-0.2, 0) is 14.8 Å². The van der Waals surface area contributed by atoms with Crippen LogP contribution in [0, 0.1) is 22.0 Å². The molecule has 8 nitrogen and oxygen atoms in total. The Morgan fingerprint density at radius 3 is 2.79 bits per heavy atom. The molecule has 9 heteroatoms. The number of sulfonamides is 1. The molecule has 0 amide bonds. The van der Waals surface area contributed by atoms with Crippen molar-refractivity contribution in [3.63, 3.8) is 0 Å². The van der Waals surface area contributed by atoms with E-state index in [1.165, 1.54) is 35.3 Å². The Balaban J connectivity index is 1.63. The van der Waals surface area contributed by atoms with Gasteiger partial charge in [-0.3, -0.25) is 10.1 Å². The number of ether oxygens (including phenoxy) is 1. The smallest absolute Gasteiger partial charge is 0.293 e. The highest BCUT2D eigenvalue weighted by molar-refractivity contribution is 7.89. The standard InChI is InChI=1S/C19H29N3O5S/c1-15-4-2-10-21(13-15)28(25,26)17-7-8-18(19(12-17)22(23)24)20-9-3-11-27-14-16-5-6-16/h7-8,12,15-16,20H,2-6,9-11,13-14H2,1H3. The molecule has 1 aliphatic heterocycles. The highest BCUT2D eigenvalue weighted by atomic mass is 32.2. The van der Waals surface area contributed by atoms with E-state index in [-0.39, 0.29) is 10.6 Å². The van der Waals surface area contributed by atoms with E-state index in [0.717, 1.165) is 25.9 Å². The molecule has 1 atom stereocenters. The molecule has 1 saturated carbocycles. The fourth-order valence-electron chi connectivity index (χ4n) is 3.42. The van der Waals surface area contributed by atoms with E-state index in [1.54, 1.807) is 0 Å². The van der Waals surface area contributed by atoms with Crippen molar-refractivity contribution in [2.24, 2.45) is 11.8 Å². The number of hydrogen-bond acceptors (Lipinski definition) is 6. The van der Waals surface area contributed by atoms with Gasteiger partial charge in [0.15, 0.2) is 0 Å². The molecule has 1 aromatic rings. The molecule has 1 heterocycles. The molecule has 2 aliphatic rings. The first-order valence-corrected chi connectivity index (χ1v) is 11.4. The number of nitro groups is 1. The van der Waals surface area contributed by atoms with Crippen molar-refractivity contribution < 1.29 is 18.1 Å². The minimum absolute atomic E-state index is 0.0217. The first-order valence-electron chi connectivity index (χ1n) is 9.98.